The first-order valence-corrected chi connectivity index (χ1v) is 8.27. The summed E-state index contributed by atoms with van der Waals surface area (Å²) < 4.78 is 39.0. The van der Waals surface area contributed by atoms with Crippen LogP contribution in [0.25, 0.3) is 0 Å². The number of nitrogens with zero attached hydrogens (tertiary/aromatic N) is 2. The number of imide groups is 1. The molecule has 0 aliphatic carbocycles. The van der Waals surface area contributed by atoms with Crippen LogP contribution in [0.4, 0.5) is 18.9 Å². The molecule has 0 saturated carbocycles. The monoisotopic (exact) mass is 435 g/mol. The van der Waals surface area contributed by atoms with Crippen LogP contribution in [0, 0.1) is 11.8 Å². The van der Waals surface area contributed by atoms with Crippen LogP contribution in [0.15, 0.2) is 18.2 Å². The zero-order chi connectivity index (χ0) is 20.8. The van der Waals surface area contributed by atoms with E-state index < -0.39 is 61.3 Å². The molecular weight excluding hydrogens is 419 g/mol. The van der Waals surface area contributed by atoms with E-state index in [4.69, 9.17) is 5.11 Å². The second kappa shape index (κ2) is 7.99. The fourth-order valence-electron chi connectivity index (χ4n) is 3.44. The second-order valence-electron chi connectivity index (χ2n) is 6.76. The van der Waals surface area contributed by atoms with E-state index in [1.54, 1.807) is 0 Å². The Balaban J connectivity index is 0.00000300. The van der Waals surface area contributed by atoms with Gasteiger partial charge in [-0.15, -0.1) is 12.4 Å². The van der Waals surface area contributed by atoms with Crippen LogP contribution in [0.3, 0.4) is 0 Å². The van der Waals surface area contributed by atoms with Crippen molar-refractivity contribution in [1.29, 1.82) is 0 Å². The molecule has 2 N–H and O–H groups in total. The number of hydrogen-bond acceptors (Lipinski definition) is 5. The lowest BCUT2D eigenvalue weighted by Crippen LogP contribution is -2.34. The highest BCUT2D eigenvalue weighted by Gasteiger charge is 2.52. The Kier molecular flexibility index (Phi) is 6.24. The molecule has 3 amide bonds. The van der Waals surface area contributed by atoms with Crippen molar-refractivity contribution in [3.8, 4) is 0 Å². The molecule has 2 aliphatic rings. The summed E-state index contributed by atoms with van der Waals surface area (Å²) in [4.78, 5) is 49.1. The van der Waals surface area contributed by atoms with Crippen molar-refractivity contribution in [2.45, 2.75) is 6.18 Å². The Bertz CT molecular complexity index is 876. The third-order valence-corrected chi connectivity index (χ3v) is 4.87. The molecular formula is C17H17ClF3N3O5. The SMILES string of the molecule is CN1C(=O)c2ccc(NC(=O)CN3C[C@@H](C(F)(F)F)[C@H](C(=O)O)C3)cc2C1=O.Cl. The maximum Gasteiger partial charge on any atom is 0.393 e. The lowest BCUT2D eigenvalue weighted by Gasteiger charge is -2.18. The minimum Gasteiger partial charge on any atom is -0.481 e. The third kappa shape index (κ3) is 4.35. The number of halogens is 4. The van der Waals surface area contributed by atoms with Crippen LogP contribution in [0.2, 0.25) is 0 Å². The molecule has 8 nitrogen and oxygen atoms in total. The number of anilines is 1. The number of carboxylic acid groups (broad SMARTS) is 1. The number of amides is 3. The summed E-state index contributed by atoms with van der Waals surface area (Å²) in [5.74, 6) is -6.88. The molecule has 0 bridgehead atoms. The van der Waals surface area contributed by atoms with Crippen LogP contribution >= 0.6 is 12.4 Å². The summed E-state index contributed by atoms with van der Waals surface area (Å²) in [6.45, 7) is -1.41. The van der Waals surface area contributed by atoms with E-state index in [1.807, 2.05) is 0 Å². The van der Waals surface area contributed by atoms with Crippen molar-refractivity contribution in [1.82, 2.24) is 9.80 Å². The van der Waals surface area contributed by atoms with E-state index in [2.05, 4.69) is 5.32 Å². The van der Waals surface area contributed by atoms with Gasteiger partial charge in [0, 0.05) is 25.8 Å². The van der Waals surface area contributed by atoms with Gasteiger partial charge in [-0.2, -0.15) is 13.2 Å². The number of carbonyl (C=O) groups is 4. The van der Waals surface area contributed by atoms with Crippen LogP contribution in [-0.2, 0) is 9.59 Å². The standard InChI is InChI=1S/C17H16F3N3O5.ClH/c1-22-14(25)9-3-2-8(4-10(9)15(22)26)21-13(24)7-23-5-11(16(27)28)12(6-23)17(18,19)20;/h2-4,11-12H,5-7H2,1H3,(H,21,24)(H,27,28);1H/t11-,12-;/m1./s1. The Hall–Kier alpha value is -2.66. The zero-order valence-electron chi connectivity index (χ0n) is 15.0. The van der Waals surface area contributed by atoms with E-state index in [1.165, 1.54) is 25.2 Å². The van der Waals surface area contributed by atoms with Gasteiger partial charge in [-0.1, -0.05) is 0 Å². The van der Waals surface area contributed by atoms with Crippen LogP contribution in [0.1, 0.15) is 20.7 Å². The van der Waals surface area contributed by atoms with Crippen LogP contribution < -0.4 is 5.32 Å². The van der Waals surface area contributed by atoms with Crippen molar-refractivity contribution in [3.05, 3.63) is 29.3 Å². The van der Waals surface area contributed by atoms with E-state index in [-0.39, 0.29) is 29.2 Å². The molecule has 29 heavy (non-hydrogen) atoms. The first kappa shape index (κ1) is 22.6. The van der Waals surface area contributed by atoms with Crippen molar-refractivity contribution in [3.63, 3.8) is 0 Å². The molecule has 3 rings (SSSR count). The van der Waals surface area contributed by atoms with Gasteiger partial charge in [-0.3, -0.25) is 29.0 Å². The van der Waals surface area contributed by atoms with Gasteiger partial charge in [0.15, 0.2) is 0 Å². The minimum atomic E-state index is -4.67. The first-order chi connectivity index (χ1) is 13.0. The van der Waals surface area contributed by atoms with Gasteiger partial charge in [-0.05, 0) is 18.2 Å². The van der Waals surface area contributed by atoms with Gasteiger partial charge in [0.1, 0.15) is 0 Å². The maximum absolute atomic E-state index is 13.0. The van der Waals surface area contributed by atoms with Gasteiger partial charge >= 0.3 is 12.1 Å². The lowest BCUT2D eigenvalue weighted by molar-refractivity contribution is -0.188. The summed E-state index contributed by atoms with van der Waals surface area (Å²) in [6.07, 6.45) is -4.67. The smallest absolute Gasteiger partial charge is 0.393 e. The van der Waals surface area contributed by atoms with E-state index in [0.717, 1.165) is 9.80 Å². The molecule has 0 unspecified atom stereocenters. The lowest BCUT2D eigenvalue weighted by atomic mass is 9.96. The summed E-state index contributed by atoms with van der Waals surface area (Å²) in [7, 11) is 1.33. The Morgan fingerprint density at radius 1 is 1.17 bits per heavy atom. The highest BCUT2D eigenvalue weighted by molar-refractivity contribution is 6.21. The molecule has 0 aromatic heterocycles. The number of benzene rings is 1. The van der Waals surface area contributed by atoms with E-state index in [0.29, 0.717) is 0 Å². The number of nitrogens with one attached hydrogen (secondary N) is 1. The Morgan fingerprint density at radius 3 is 2.34 bits per heavy atom. The number of likely N-dealkylation sites (tertiary alicyclic amines) is 1. The molecule has 2 heterocycles. The van der Waals surface area contributed by atoms with Crippen molar-refractivity contribution >= 4 is 41.8 Å². The molecule has 1 fully saturated rings. The number of alkyl halides is 3. The highest BCUT2D eigenvalue weighted by Crippen LogP contribution is 2.37. The van der Waals surface area contributed by atoms with Gasteiger partial charge in [-0.25, -0.2) is 0 Å². The highest BCUT2D eigenvalue weighted by atomic mass is 35.5. The fourth-order valence-corrected chi connectivity index (χ4v) is 3.44. The Morgan fingerprint density at radius 2 is 1.79 bits per heavy atom. The maximum atomic E-state index is 13.0. The third-order valence-electron chi connectivity index (χ3n) is 4.87. The quantitative estimate of drug-likeness (QED) is 0.694. The average Bonchev–Trinajstić information content (AvgIpc) is 3.11. The molecule has 0 radical (unpaired) electrons. The average molecular weight is 436 g/mol. The molecule has 12 heteroatoms. The number of aliphatic carboxylic acids is 1. The number of carbonyl (C=O) groups excluding carboxylic acids is 3. The fraction of sp³-hybridized carbons (Fsp3) is 0.412. The molecule has 2 atom stereocenters. The van der Waals surface area contributed by atoms with Crippen molar-refractivity contribution < 1.29 is 37.5 Å². The largest absolute Gasteiger partial charge is 0.481 e. The topological polar surface area (TPSA) is 107 Å². The predicted octanol–water partition coefficient (Wildman–Crippen LogP) is 1.47. The normalized spacial score (nSPS) is 21.7. The first-order valence-electron chi connectivity index (χ1n) is 8.27. The summed E-state index contributed by atoms with van der Waals surface area (Å²) in [6, 6.07) is 4.10. The number of rotatable bonds is 4. The van der Waals surface area contributed by atoms with Crippen LogP contribution in [0.5, 0.6) is 0 Å². The van der Waals surface area contributed by atoms with Gasteiger partial charge in [0.2, 0.25) is 5.91 Å². The van der Waals surface area contributed by atoms with E-state index in [9.17, 15) is 32.3 Å². The second-order valence-corrected chi connectivity index (χ2v) is 6.76. The van der Waals surface area contributed by atoms with Crippen molar-refractivity contribution in [2.24, 2.45) is 11.8 Å². The molecule has 1 aromatic carbocycles. The van der Waals surface area contributed by atoms with Crippen molar-refractivity contribution in [2.75, 3.05) is 32.0 Å². The van der Waals surface area contributed by atoms with Gasteiger partial charge in [0.25, 0.3) is 11.8 Å². The molecule has 2 aliphatic heterocycles. The van der Waals surface area contributed by atoms with Gasteiger partial charge < -0.3 is 10.4 Å². The summed E-state index contributed by atoms with van der Waals surface area (Å²) >= 11 is 0. The molecule has 0 spiro atoms. The number of hydrogen-bond donors (Lipinski definition) is 2. The molecule has 1 aromatic rings. The van der Waals surface area contributed by atoms with Crippen LogP contribution in [-0.4, -0.2) is 71.5 Å². The summed E-state index contributed by atoms with van der Waals surface area (Å²) in [5, 5.41) is 11.5. The minimum absolute atomic E-state index is 0. The number of fused-ring (bicyclic) bond motifs is 1. The van der Waals surface area contributed by atoms with Gasteiger partial charge in [0.05, 0.1) is 29.5 Å². The molecule has 158 valence electrons. The Labute approximate surface area is 169 Å². The molecule has 1 saturated heterocycles. The predicted molar refractivity (Wildman–Crippen MR) is 95.9 cm³/mol. The zero-order valence-corrected chi connectivity index (χ0v) is 15.8. The van der Waals surface area contributed by atoms with E-state index >= 15 is 0 Å². The number of carboxylic acids is 1. The summed E-state index contributed by atoms with van der Waals surface area (Å²) in [5.41, 5.74) is 0.526.